The first-order valence-electron chi connectivity index (χ1n) is 3.17. The van der Waals surface area contributed by atoms with Crippen LogP contribution in [0.15, 0.2) is 35.8 Å². The van der Waals surface area contributed by atoms with Crippen molar-refractivity contribution in [3.8, 4) is 0 Å². The van der Waals surface area contributed by atoms with Crippen molar-refractivity contribution in [3.63, 3.8) is 0 Å². The third-order valence-electron chi connectivity index (χ3n) is 1.13. The highest BCUT2D eigenvalue weighted by atomic mass is 16.4. The average molecular weight is 148 g/mol. The van der Waals surface area contributed by atoms with Crippen LogP contribution in [0.25, 0.3) is 6.08 Å². The summed E-state index contributed by atoms with van der Waals surface area (Å²) in [6.45, 7) is 0. The topological polar surface area (TPSA) is 45.5 Å². The summed E-state index contributed by atoms with van der Waals surface area (Å²) < 4.78 is 0. The molecule has 0 bridgehead atoms. The number of aromatic nitrogens is 1. The number of rotatable bonds is 2. The van der Waals surface area contributed by atoms with E-state index < -0.39 is 0 Å². The maximum absolute atomic E-state index is 8.05. The van der Waals surface area contributed by atoms with Crippen LogP contribution in [0.5, 0.6) is 0 Å². The summed E-state index contributed by atoms with van der Waals surface area (Å²) in [5.74, 6) is 0. The van der Waals surface area contributed by atoms with Crippen molar-refractivity contribution >= 4 is 12.3 Å². The van der Waals surface area contributed by atoms with E-state index in [0.29, 0.717) is 0 Å². The molecule has 0 spiro atoms. The molecule has 0 atom stereocenters. The molecule has 11 heavy (non-hydrogen) atoms. The van der Waals surface area contributed by atoms with E-state index >= 15 is 0 Å². The molecule has 0 saturated carbocycles. The number of oxime groups is 1. The van der Waals surface area contributed by atoms with Crippen molar-refractivity contribution in [1.29, 1.82) is 0 Å². The molecule has 0 aliphatic carbocycles. The standard InChI is InChI=1S/C8H8N2O/c11-10-6-2-4-8-3-1-5-9-7-8/h1-7,11H. The highest BCUT2D eigenvalue weighted by Gasteiger charge is 1.80. The number of nitrogens with zero attached hydrogens (tertiary/aromatic N) is 2. The van der Waals surface area contributed by atoms with E-state index in [0.717, 1.165) is 5.56 Å². The highest BCUT2D eigenvalue weighted by Crippen LogP contribution is 1.96. The molecule has 0 aliphatic heterocycles. The van der Waals surface area contributed by atoms with Gasteiger partial charge in [-0.1, -0.05) is 17.3 Å². The molecule has 0 aromatic carbocycles. The first-order chi connectivity index (χ1) is 5.43. The van der Waals surface area contributed by atoms with Crippen molar-refractivity contribution in [3.05, 3.63) is 36.2 Å². The lowest BCUT2D eigenvalue weighted by atomic mass is 10.3. The molecular weight excluding hydrogens is 140 g/mol. The first-order valence-corrected chi connectivity index (χ1v) is 3.17. The van der Waals surface area contributed by atoms with Crippen LogP contribution in [0, 0.1) is 0 Å². The minimum Gasteiger partial charge on any atom is -0.411 e. The van der Waals surface area contributed by atoms with Gasteiger partial charge in [-0.2, -0.15) is 0 Å². The van der Waals surface area contributed by atoms with Gasteiger partial charge < -0.3 is 5.21 Å². The van der Waals surface area contributed by atoms with Gasteiger partial charge in [-0.25, -0.2) is 0 Å². The summed E-state index contributed by atoms with van der Waals surface area (Å²) in [7, 11) is 0. The van der Waals surface area contributed by atoms with Crippen LogP contribution in [0.1, 0.15) is 5.56 Å². The van der Waals surface area contributed by atoms with Gasteiger partial charge >= 0.3 is 0 Å². The third-order valence-corrected chi connectivity index (χ3v) is 1.13. The molecule has 0 fully saturated rings. The first kappa shape index (κ1) is 7.47. The van der Waals surface area contributed by atoms with Crippen LogP contribution in [-0.2, 0) is 0 Å². The Kier molecular flexibility index (Phi) is 2.86. The summed E-state index contributed by atoms with van der Waals surface area (Å²) in [5.41, 5.74) is 0.979. The smallest absolute Gasteiger partial charge is 0.0661 e. The Balaban J connectivity index is 2.64. The summed E-state index contributed by atoms with van der Waals surface area (Å²) in [4.78, 5) is 3.91. The van der Waals surface area contributed by atoms with Crippen molar-refractivity contribution in [1.82, 2.24) is 4.98 Å². The van der Waals surface area contributed by atoms with E-state index in [9.17, 15) is 0 Å². The van der Waals surface area contributed by atoms with Gasteiger partial charge in [0, 0.05) is 12.4 Å². The fourth-order valence-electron chi connectivity index (χ4n) is 0.667. The highest BCUT2D eigenvalue weighted by molar-refractivity contribution is 5.77. The van der Waals surface area contributed by atoms with E-state index in [-0.39, 0.29) is 0 Å². The Hall–Kier alpha value is -1.64. The Morgan fingerprint density at radius 2 is 2.45 bits per heavy atom. The van der Waals surface area contributed by atoms with Gasteiger partial charge in [0.2, 0.25) is 0 Å². The van der Waals surface area contributed by atoms with Crippen LogP contribution in [0.4, 0.5) is 0 Å². The van der Waals surface area contributed by atoms with Crippen molar-refractivity contribution < 1.29 is 5.21 Å². The normalized spacial score (nSPS) is 11.3. The third kappa shape index (κ3) is 2.62. The number of hydrogen-bond donors (Lipinski definition) is 1. The molecule has 0 unspecified atom stereocenters. The predicted molar refractivity (Wildman–Crippen MR) is 43.5 cm³/mol. The summed E-state index contributed by atoms with van der Waals surface area (Å²) in [6, 6.07) is 3.75. The molecule has 1 rings (SSSR count). The van der Waals surface area contributed by atoms with E-state index in [1.807, 2.05) is 12.1 Å². The molecule has 56 valence electrons. The zero-order chi connectivity index (χ0) is 7.94. The van der Waals surface area contributed by atoms with E-state index in [1.54, 1.807) is 24.5 Å². The minimum absolute atomic E-state index is 0.979. The lowest BCUT2D eigenvalue weighted by molar-refractivity contribution is 0.322. The molecule has 3 nitrogen and oxygen atoms in total. The van der Waals surface area contributed by atoms with Crippen LogP contribution in [0.2, 0.25) is 0 Å². The maximum Gasteiger partial charge on any atom is 0.0661 e. The SMILES string of the molecule is ON=CC=Cc1cccnc1. The van der Waals surface area contributed by atoms with Crippen molar-refractivity contribution in [2.75, 3.05) is 0 Å². The van der Waals surface area contributed by atoms with E-state index in [2.05, 4.69) is 10.1 Å². The Labute approximate surface area is 64.7 Å². The zero-order valence-corrected chi connectivity index (χ0v) is 5.88. The van der Waals surface area contributed by atoms with E-state index in [4.69, 9.17) is 5.21 Å². The van der Waals surface area contributed by atoms with Gasteiger partial charge in [0.25, 0.3) is 0 Å². The lowest BCUT2D eigenvalue weighted by Crippen LogP contribution is -1.73. The van der Waals surface area contributed by atoms with Gasteiger partial charge in [-0.05, 0) is 17.7 Å². The molecule has 0 amide bonds. The van der Waals surface area contributed by atoms with Crippen LogP contribution in [0.3, 0.4) is 0 Å². The Morgan fingerprint density at radius 3 is 3.09 bits per heavy atom. The maximum atomic E-state index is 8.05. The number of allylic oxidation sites excluding steroid dienone is 1. The second kappa shape index (κ2) is 4.22. The van der Waals surface area contributed by atoms with E-state index in [1.165, 1.54) is 6.21 Å². The van der Waals surface area contributed by atoms with Crippen LogP contribution >= 0.6 is 0 Å². The molecular formula is C8H8N2O. The van der Waals surface area contributed by atoms with Gasteiger partial charge in [0.05, 0.1) is 6.21 Å². The number of pyridine rings is 1. The van der Waals surface area contributed by atoms with Crippen molar-refractivity contribution in [2.24, 2.45) is 5.16 Å². The molecule has 0 radical (unpaired) electrons. The minimum atomic E-state index is 0.979. The molecule has 1 N–H and O–H groups in total. The second-order valence-corrected chi connectivity index (χ2v) is 1.91. The lowest BCUT2D eigenvalue weighted by Gasteiger charge is -1.86. The summed E-state index contributed by atoms with van der Waals surface area (Å²) >= 11 is 0. The monoisotopic (exact) mass is 148 g/mol. The summed E-state index contributed by atoms with van der Waals surface area (Å²) in [5, 5.41) is 10.9. The van der Waals surface area contributed by atoms with Gasteiger partial charge in [0.15, 0.2) is 0 Å². The fourth-order valence-corrected chi connectivity index (χ4v) is 0.667. The van der Waals surface area contributed by atoms with Crippen LogP contribution in [-0.4, -0.2) is 16.4 Å². The zero-order valence-electron chi connectivity index (χ0n) is 5.88. The Morgan fingerprint density at radius 1 is 1.55 bits per heavy atom. The van der Waals surface area contributed by atoms with Gasteiger partial charge in [-0.3, -0.25) is 4.98 Å². The quantitative estimate of drug-likeness (QED) is 0.393. The second-order valence-electron chi connectivity index (χ2n) is 1.91. The molecule has 1 heterocycles. The molecule has 0 aliphatic rings. The number of hydrogen-bond acceptors (Lipinski definition) is 3. The molecule has 1 aromatic rings. The van der Waals surface area contributed by atoms with Crippen LogP contribution < -0.4 is 0 Å². The molecule has 1 aromatic heterocycles. The van der Waals surface area contributed by atoms with Gasteiger partial charge in [-0.15, -0.1) is 0 Å². The fraction of sp³-hybridized carbons (Fsp3) is 0. The molecule has 3 heteroatoms. The largest absolute Gasteiger partial charge is 0.411 e. The summed E-state index contributed by atoms with van der Waals surface area (Å²) in [6.07, 6.45) is 8.16. The Bertz CT molecular complexity index is 254. The van der Waals surface area contributed by atoms with Gasteiger partial charge in [0.1, 0.15) is 0 Å². The average Bonchev–Trinajstić information content (AvgIpc) is 2.07. The van der Waals surface area contributed by atoms with Crippen molar-refractivity contribution in [2.45, 2.75) is 0 Å². The predicted octanol–water partition coefficient (Wildman–Crippen LogP) is 1.55. The molecule has 0 saturated heterocycles.